The highest BCUT2D eigenvalue weighted by molar-refractivity contribution is 7.89. The van der Waals surface area contributed by atoms with Crippen LogP contribution in [0.5, 0.6) is 0 Å². The molecule has 2 fully saturated rings. The maximum Gasteiger partial charge on any atom is 0.243 e. The molecule has 0 bridgehead atoms. The van der Waals surface area contributed by atoms with Crippen LogP contribution < -0.4 is 5.32 Å². The molecule has 0 unspecified atom stereocenters. The monoisotopic (exact) mass is 393 g/mol. The lowest BCUT2D eigenvalue weighted by molar-refractivity contribution is -0.124. The number of carbonyl (C=O) groups is 1. The Morgan fingerprint density at radius 3 is 2.63 bits per heavy atom. The maximum absolute atomic E-state index is 12.9. The molecule has 150 valence electrons. The van der Waals surface area contributed by atoms with Crippen molar-refractivity contribution in [1.82, 2.24) is 14.5 Å². The third-order valence-corrected chi connectivity index (χ3v) is 7.64. The van der Waals surface area contributed by atoms with Gasteiger partial charge in [-0.3, -0.25) is 4.79 Å². The van der Waals surface area contributed by atoms with Crippen molar-refractivity contribution in [3.63, 3.8) is 0 Å². The molecule has 3 rings (SSSR count). The van der Waals surface area contributed by atoms with Gasteiger partial charge in [-0.15, -0.1) is 0 Å². The number of likely N-dealkylation sites (tertiary alicyclic amines) is 1. The van der Waals surface area contributed by atoms with Crippen LogP contribution in [0.4, 0.5) is 0 Å². The highest BCUT2D eigenvalue weighted by atomic mass is 32.2. The summed E-state index contributed by atoms with van der Waals surface area (Å²) in [5.41, 5.74) is 0. The van der Waals surface area contributed by atoms with Crippen LogP contribution in [0.3, 0.4) is 0 Å². The van der Waals surface area contributed by atoms with Crippen LogP contribution >= 0.6 is 0 Å². The lowest BCUT2D eigenvalue weighted by Crippen LogP contribution is -2.46. The number of hydrogen-bond donors (Lipinski definition) is 1. The second kappa shape index (κ2) is 9.17. The van der Waals surface area contributed by atoms with Crippen LogP contribution in [0.1, 0.15) is 45.4 Å². The normalized spacial score (nSPS) is 24.8. The van der Waals surface area contributed by atoms with Gasteiger partial charge in [0.25, 0.3) is 0 Å². The molecule has 0 saturated carbocycles. The van der Waals surface area contributed by atoms with E-state index < -0.39 is 16.1 Å². The SMILES string of the molecule is C[C@@H]1CCCCN1CCCNC(=O)[C@@H]1CCCN1S(=O)(=O)c1ccccc1. The fourth-order valence-corrected chi connectivity index (χ4v) is 5.80. The van der Waals surface area contributed by atoms with E-state index in [1.165, 1.54) is 23.6 Å². The average molecular weight is 394 g/mol. The summed E-state index contributed by atoms with van der Waals surface area (Å²) >= 11 is 0. The minimum absolute atomic E-state index is 0.168. The van der Waals surface area contributed by atoms with Gasteiger partial charge in [0.15, 0.2) is 0 Å². The van der Waals surface area contributed by atoms with E-state index in [1.807, 2.05) is 0 Å². The zero-order valence-electron chi connectivity index (χ0n) is 16.1. The lowest BCUT2D eigenvalue weighted by atomic mass is 10.0. The van der Waals surface area contributed by atoms with Crippen molar-refractivity contribution in [2.24, 2.45) is 0 Å². The molecule has 1 aromatic carbocycles. The van der Waals surface area contributed by atoms with Crippen molar-refractivity contribution >= 4 is 15.9 Å². The van der Waals surface area contributed by atoms with Gasteiger partial charge in [-0.2, -0.15) is 4.31 Å². The first-order valence-electron chi connectivity index (χ1n) is 10.1. The van der Waals surface area contributed by atoms with Crippen molar-refractivity contribution in [2.45, 2.75) is 62.4 Å². The minimum Gasteiger partial charge on any atom is -0.355 e. The van der Waals surface area contributed by atoms with Crippen LogP contribution in [0.15, 0.2) is 35.2 Å². The quantitative estimate of drug-likeness (QED) is 0.721. The van der Waals surface area contributed by atoms with E-state index >= 15 is 0 Å². The van der Waals surface area contributed by atoms with Gasteiger partial charge in [-0.25, -0.2) is 8.42 Å². The van der Waals surface area contributed by atoms with Crippen molar-refractivity contribution in [3.05, 3.63) is 30.3 Å². The van der Waals surface area contributed by atoms with Crippen molar-refractivity contribution < 1.29 is 13.2 Å². The Kier molecular flexibility index (Phi) is 6.89. The number of benzene rings is 1. The Balaban J connectivity index is 1.51. The molecule has 0 aromatic heterocycles. The number of hydrogen-bond acceptors (Lipinski definition) is 4. The molecule has 1 N–H and O–H groups in total. The number of amides is 1. The summed E-state index contributed by atoms with van der Waals surface area (Å²) < 4.78 is 27.1. The third kappa shape index (κ3) is 4.89. The van der Waals surface area contributed by atoms with E-state index in [0.717, 1.165) is 25.9 Å². The molecule has 2 aliphatic rings. The predicted octanol–water partition coefficient (Wildman–Crippen LogP) is 2.22. The van der Waals surface area contributed by atoms with E-state index in [4.69, 9.17) is 0 Å². The first kappa shape index (κ1) is 20.3. The van der Waals surface area contributed by atoms with Crippen LogP contribution in [-0.2, 0) is 14.8 Å². The summed E-state index contributed by atoms with van der Waals surface area (Å²) in [6.07, 6.45) is 6.01. The molecule has 1 amide bonds. The van der Waals surface area contributed by atoms with Gasteiger partial charge in [-0.1, -0.05) is 24.6 Å². The Morgan fingerprint density at radius 2 is 1.89 bits per heavy atom. The molecule has 27 heavy (non-hydrogen) atoms. The molecule has 2 saturated heterocycles. The highest BCUT2D eigenvalue weighted by Crippen LogP contribution is 2.26. The Hall–Kier alpha value is -1.44. The zero-order valence-corrected chi connectivity index (χ0v) is 17.0. The van der Waals surface area contributed by atoms with Gasteiger partial charge in [0.05, 0.1) is 4.90 Å². The zero-order chi connectivity index (χ0) is 19.3. The van der Waals surface area contributed by atoms with Gasteiger partial charge in [0, 0.05) is 25.7 Å². The molecule has 2 aliphatic heterocycles. The summed E-state index contributed by atoms with van der Waals surface area (Å²) in [6, 6.07) is 8.40. The lowest BCUT2D eigenvalue weighted by Gasteiger charge is -2.33. The molecule has 0 aliphatic carbocycles. The largest absolute Gasteiger partial charge is 0.355 e. The van der Waals surface area contributed by atoms with Gasteiger partial charge in [-0.05, 0) is 57.7 Å². The second-order valence-corrected chi connectivity index (χ2v) is 9.50. The second-order valence-electron chi connectivity index (χ2n) is 7.61. The molecule has 0 spiro atoms. The summed E-state index contributed by atoms with van der Waals surface area (Å²) in [5.74, 6) is -0.168. The number of carbonyl (C=O) groups excluding carboxylic acids is 1. The Labute approximate surface area is 163 Å². The predicted molar refractivity (Wildman–Crippen MR) is 106 cm³/mol. The summed E-state index contributed by atoms with van der Waals surface area (Å²) in [4.78, 5) is 15.4. The first-order chi connectivity index (χ1) is 13.0. The van der Waals surface area contributed by atoms with Crippen LogP contribution in [0.25, 0.3) is 0 Å². The molecule has 0 radical (unpaired) electrons. The third-order valence-electron chi connectivity index (χ3n) is 5.72. The average Bonchev–Trinajstić information content (AvgIpc) is 3.18. The number of sulfonamides is 1. The molecule has 2 heterocycles. The summed E-state index contributed by atoms with van der Waals surface area (Å²) in [7, 11) is -3.62. The number of nitrogens with one attached hydrogen (secondary N) is 1. The maximum atomic E-state index is 12.9. The van der Waals surface area contributed by atoms with Crippen LogP contribution in [0, 0.1) is 0 Å². The van der Waals surface area contributed by atoms with Gasteiger partial charge < -0.3 is 10.2 Å². The molecule has 6 nitrogen and oxygen atoms in total. The van der Waals surface area contributed by atoms with Gasteiger partial charge in [0.1, 0.15) is 6.04 Å². The number of nitrogens with zero attached hydrogens (tertiary/aromatic N) is 2. The number of rotatable bonds is 7. The fraction of sp³-hybridized carbons (Fsp3) is 0.650. The summed E-state index contributed by atoms with van der Waals surface area (Å²) in [5, 5.41) is 2.96. The molecule has 7 heteroatoms. The van der Waals surface area contributed by atoms with E-state index in [9.17, 15) is 13.2 Å². The van der Waals surface area contributed by atoms with Crippen molar-refractivity contribution in [3.8, 4) is 0 Å². The standard InChI is InChI=1S/C20H31N3O3S/c1-17-9-5-6-14-22(17)15-8-13-21-20(24)19-12-7-16-23(19)27(25,26)18-10-3-2-4-11-18/h2-4,10-11,17,19H,5-9,12-16H2,1H3,(H,21,24)/t17-,19+/m1/s1. The Morgan fingerprint density at radius 1 is 1.11 bits per heavy atom. The van der Waals surface area contributed by atoms with Gasteiger partial charge >= 0.3 is 0 Å². The molecular formula is C20H31N3O3S. The van der Waals surface area contributed by atoms with Crippen molar-refractivity contribution in [1.29, 1.82) is 0 Å². The number of piperidine rings is 1. The van der Waals surface area contributed by atoms with Crippen LogP contribution in [0.2, 0.25) is 0 Å². The topological polar surface area (TPSA) is 69.7 Å². The van der Waals surface area contributed by atoms with Gasteiger partial charge in [0.2, 0.25) is 15.9 Å². The highest BCUT2D eigenvalue weighted by Gasteiger charge is 2.39. The van der Waals surface area contributed by atoms with Crippen LogP contribution in [-0.4, -0.2) is 61.8 Å². The Bertz CT molecular complexity index is 723. The first-order valence-corrected chi connectivity index (χ1v) is 11.5. The smallest absolute Gasteiger partial charge is 0.243 e. The molecular weight excluding hydrogens is 362 g/mol. The van der Waals surface area contributed by atoms with E-state index in [-0.39, 0.29) is 10.8 Å². The fourth-order valence-electron chi connectivity index (χ4n) is 4.12. The minimum atomic E-state index is -3.62. The van der Waals surface area contributed by atoms with Crippen molar-refractivity contribution in [2.75, 3.05) is 26.2 Å². The molecule has 1 aromatic rings. The van der Waals surface area contributed by atoms with E-state index in [1.54, 1.807) is 30.3 Å². The van der Waals surface area contributed by atoms with E-state index in [2.05, 4.69) is 17.1 Å². The van der Waals surface area contributed by atoms with E-state index in [0.29, 0.717) is 25.6 Å². The summed E-state index contributed by atoms with van der Waals surface area (Å²) in [6.45, 7) is 5.39. The molecule has 2 atom stereocenters.